The van der Waals surface area contributed by atoms with Crippen LogP contribution >= 0.6 is 11.8 Å². The van der Waals surface area contributed by atoms with E-state index in [9.17, 15) is 4.39 Å². The van der Waals surface area contributed by atoms with E-state index in [-0.39, 0.29) is 5.82 Å². The summed E-state index contributed by atoms with van der Waals surface area (Å²) in [5, 5.41) is 0.468. The summed E-state index contributed by atoms with van der Waals surface area (Å²) < 4.78 is 17.9. The van der Waals surface area contributed by atoms with E-state index in [1.807, 2.05) is 0 Å². The van der Waals surface area contributed by atoms with E-state index < -0.39 is 0 Å². The van der Waals surface area contributed by atoms with Gasteiger partial charge in [-0.1, -0.05) is 0 Å². The van der Waals surface area contributed by atoms with Gasteiger partial charge in [-0.05, 0) is 30.0 Å². The molecule has 0 fully saturated rings. The maximum absolute atomic E-state index is 12.9. The zero-order valence-electron chi connectivity index (χ0n) is 7.11. The van der Waals surface area contributed by atoms with E-state index in [2.05, 4.69) is 4.98 Å². The highest BCUT2D eigenvalue weighted by Gasteiger charge is 2.03. The Kier molecular flexibility index (Phi) is 2.41. The summed E-state index contributed by atoms with van der Waals surface area (Å²) >= 11 is 1.22. The SMILES string of the molecule is Nc1cc(F)cc(Sc2ncco2)c1. The number of anilines is 1. The number of nitrogen functional groups attached to an aromatic ring is 1. The van der Waals surface area contributed by atoms with Crippen molar-refractivity contribution in [1.82, 2.24) is 4.98 Å². The highest BCUT2D eigenvalue weighted by molar-refractivity contribution is 7.99. The first-order valence-corrected chi connectivity index (χ1v) is 4.69. The molecule has 5 heteroatoms. The molecule has 0 aliphatic heterocycles. The molecular weight excluding hydrogens is 203 g/mol. The lowest BCUT2D eigenvalue weighted by molar-refractivity contribution is 0.454. The van der Waals surface area contributed by atoms with Gasteiger partial charge in [-0.2, -0.15) is 0 Å². The standard InChI is InChI=1S/C9H7FN2OS/c10-6-3-7(11)5-8(4-6)14-9-12-1-2-13-9/h1-5H,11H2. The number of benzene rings is 1. The van der Waals surface area contributed by atoms with Crippen molar-refractivity contribution in [3.05, 3.63) is 36.5 Å². The zero-order chi connectivity index (χ0) is 9.97. The number of nitrogens with two attached hydrogens (primary N) is 1. The van der Waals surface area contributed by atoms with Gasteiger partial charge in [0.05, 0.1) is 6.20 Å². The quantitative estimate of drug-likeness (QED) is 0.774. The van der Waals surface area contributed by atoms with Crippen LogP contribution in [-0.2, 0) is 0 Å². The number of rotatable bonds is 2. The second kappa shape index (κ2) is 3.71. The Hall–Kier alpha value is -1.49. The fourth-order valence-corrected chi connectivity index (χ4v) is 1.79. The number of oxazole rings is 1. The molecule has 0 spiro atoms. The lowest BCUT2D eigenvalue weighted by Crippen LogP contribution is -1.87. The van der Waals surface area contributed by atoms with E-state index in [0.717, 1.165) is 0 Å². The molecule has 0 saturated carbocycles. The summed E-state index contributed by atoms with van der Waals surface area (Å²) in [6.45, 7) is 0. The summed E-state index contributed by atoms with van der Waals surface area (Å²) in [6, 6.07) is 4.31. The van der Waals surface area contributed by atoms with Crippen LogP contribution in [-0.4, -0.2) is 4.98 Å². The second-order valence-corrected chi connectivity index (χ2v) is 3.65. The van der Waals surface area contributed by atoms with Crippen LogP contribution in [0.2, 0.25) is 0 Å². The highest BCUT2D eigenvalue weighted by atomic mass is 32.2. The Balaban J connectivity index is 2.25. The molecule has 0 aliphatic rings. The van der Waals surface area contributed by atoms with Crippen molar-refractivity contribution >= 4 is 17.4 Å². The minimum atomic E-state index is -0.362. The van der Waals surface area contributed by atoms with Crippen LogP contribution < -0.4 is 5.73 Å². The van der Waals surface area contributed by atoms with Crippen LogP contribution in [0.25, 0.3) is 0 Å². The Labute approximate surface area is 84.1 Å². The van der Waals surface area contributed by atoms with Gasteiger partial charge in [-0.25, -0.2) is 9.37 Å². The van der Waals surface area contributed by atoms with Crippen molar-refractivity contribution in [1.29, 1.82) is 0 Å². The summed E-state index contributed by atoms with van der Waals surface area (Å²) in [4.78, 5) is 4.58. The summed E-state index contributed by atoms with van der Waals surface area (Å²) in [5.74, 6) is -0.362. The first kappa shape index (κ1) is 9.08. The molecule has 0 amide bonds. The van der Waals surface area contributed by atoms with Gasteiger partial charge in [0.25, 0.3) is 5.22 Å². The summed E-state index contributed by atoms with van der Waals surface area (Å²) in [6.07, 6.45) is 3.00. The van der Waals surface area contributed by atoms with E-state index >= 15 is 0 Å². The second-order valence-electron chi connectivity index (χ2n) is 2.62. The van der Waals surface area contributed by atoms with E-state index in [1.54, 1.807) is 6.07 Å². The molecule has 1 aromatic carbocycles. The molecule has 3 nitrogen and oxygen atoms in total. The van der Waals surface area contributed by atoms with Gasteiger partial charge < -0.3 is 10.2 Å². The molecule has 0 saturated heterocycles. The molecule has 1 aromatic heterocycles. The Morgan fingerprint density at radius 2 is 2.21 bits per heavy atom. The third-order valence-electron chi connectivity index (χ3n) is 1.51. The Bertz CT molecular complexity index is 410. The van der Waals surface area contributed by atoms with E-state index in [1.165, 1.54) is 36.4 Å². The molecule has 2 aromatic rings. The molecule has 0 bridgehead atoms. The smallest absolute Gasteiger partial charge is 0.260 e. The van der Waals surface area contributed by atoms with Crippen LogP contribution in [0.3, 0.4) is 0 Å². The minimum Gasteiger partial charge on any atom is -0.440 e. The largest absolute Gasteiger partial charge is 0.440 e. The van der Waals surface area contributed by atoms with Gasteiger partial charge >= 0.3 is 0 Å². The molecule has 0 radical (unpaired) electrons. The van der Waals surface area contributed by atoms with E-state index in [0.29, 0.717) is 15.8 Å². The molecule has 1 heterocycles. The fraction of sp³-hybridized carbons (Fsp3) is 0. The fourth-order valence-electron chi connectivity index (χ4n) is 1.00. The topological polar surface area (TPSA) is 52.0 Å². The van der Waals surface area contributed by atoms with Crippen LogP contribution in [0.15, 0.2) is 45.2 Å². The maximum atomic E-state index is 12.9. The molecule has 0 aliphatic carbocycles. The number of hydrogen-bond donors (Lipinski definition) is 1. The predicted octanol–water partition coefficient (Wildman–Crippen LogP) is 2.55. The Morgan fingerprint density at radius 1 is 1.36 bits per heavy atom. The number of hydrogen-bond acceptors (Lipinski definition) is 4. The van der Waals surface area contributed by atoms with Crippen molar-refractivity contribution in [3.8, 4) is 0 Å². The van der Waals surface area contributed by atoms with Crippen LogP contribution in [0.4, 0.5) is 10.1 Å². The molecule has 2 N–H and O–H groups in total. The highest BCUT2D eigenvalue weighted by Crippen LogP contribution is 2.28. The van der Waals surface area contributed by atoms with Crippen LogP contribution in [0.5, 0.6) is 0 Å². The molecular formula is C9H7FN2OS. The molecule has 2 rings (SSSR count). The third-order valence-corrected chi connectivity index (χ3v) is 2.36. The minimum absolute atomic E-state index is 0.362. The molecule has 0 atom stereocenters. The van der Waals surface area contributed by atoms with Crippen LogP contribution in [0.1, 0.15) is 0 Å². The maximum Gasteiger partial charge on any atom is 0.260 e. The lowest BCUT2D eigenvalue weighted by Gasteiger charge is -1.99. The van der Waals surface area contributed by atoms with Crippen molar-refractivity contribution in [2.24, 2.45) is 0 Å². The van der Waals surface area contributed by atoms with Gasteiger partial charge in [0.15, 0.2) is 0 Å². The van der Waals surface area contributed by atoms with Crippen molar-refractivity contribution in [3.63, 3.8) is 0 Å². The monoisotopic (exact) mass is 210 g/mol. The molecule has 72 valence electrons. The van der Waals surface area contributed by atoms with Gasteiger partial charge in [-0.3, -0.25) is 0 Å². The first-order chi connectivity index (χ1) is 6.74. The average molecular weight is 210 g/mol. The number of nitrogens with zero attached hydrogens (tertiary/aromatic N) is 1. The van der Waals surface area contributed by atoms with E-state index in [4.69, 9.17) is 10.2 Å². The zero-order valence-corrected chi connectivity index (χ0v) is 7.92. The summed E-state index contributed by atoms with van der Waals surface area (Å²) in [5.41, 5.74) is 5.87. The molecule has 0 unspecified atom stereocenters. The normalized spacial score (nSPS) is 10.4. The van der Waals surface area contributed by atoms with Crippen LogP contribution in [0, 0.1) is 5.82 Å². The van der Waals surface area contributed by atoms with Crippen molar-refractivity contribution < 1.29 is 8.81 Å². The van der Waals surface area contributed by atoms with Gasteiger partial charge in [0.2, 0.25) is 0 Å². The van der Waals surface area contributed by atoms with Gasteiger partial charge in [-0.15, -0.1) is 0 Å². The van der Waals surface area contributed by atoms with Gasteiger partial charge in [0.1, 0.15) is 12.1 Å². The number of halogens is 1. The van der Waals surface area contributed by atoms with Crippen molar-refractivity contribution in [2.75, 3.05) is 5.73 Å². The Morgan fingerprint density at radius 3 is 2.86 bits per heavy atom. The lowest BCUT2D eigenvalue weighted by atomic mass is 10.3. The van der Waals surface area contributed by atoms with Gasteiger partial charge in [0, 0.05) is 10.6 Å². The predicted molar refractivity (Wildman–Crippen MR) is 51.4 cm³/mol. The molecule has 14 heavy (non-hydrogen) atoms. The number of aromatic nitrogens is 1. The summed E-state index contributed by atoms with van der Waals surface area (Å²) in [7, 11) is 0. The average Bonchev–Trinajstić information content (AvgIpc) is 2.54. The van der Waals surface area contributed by atoms with Crippen molar-refractivity contribution in [2.45, 2.75) is 10.1 Å². The third kappa shape index (κ3) is 2.05. The first-order valence-electron chi connectivity index (χ1n) is 3.87.